The topological polar surface area (TPSA) is 84.2 Å². The summed E-state index contributed by atoms with van der Waals surface area (Å²) in [5.41, 5.74) is 1.16. The van der Waals surface area contributed by atoms with Crippen LogP contribution >= 0.6 is 0 Å². The van der Waals surface area contributed by atoms with Crippen LogP contribution in [-0.2, 0) is 16.6 Å². The maximum Gasteiger partial charge on any atom is 0.244 e. The second-order valence-electron chi connectivity index (χ2n) is 5.80. The molecule has 0 bridgehead atoms. The number of rotatable bonds is 7. The van der Waals surface area contributed by atoms with Crippen molar-refractivity contribution in [3.8, 4) is 0 Å². The van der Waals surface area contributed by atoms with Gasteiger partial charge in [-0.3, -0.25) is 4.68 Å². The van der Waals surface area contributed by atoms with E-state index >= 15 is 0 Å². The zero-order valence-corrected chi connectivity index (χ0v) is 13.6. The summed E-state index contributed by atoms with van der Waals surface area (Å²) in [5, 5.41) is 13.2. The van der Waals surface area contributed by atoms with Crippen LogP contribution in [0.5, 0.6) is 0 Å². The van der Waals surface area contributed by atoms with E-state index in [1.54, 1.807) is 18.5 Å². The smallest absolute Gasteiger partial charge is 0.244 e. The molecule has 0 atom stereocenters. The predicted molar refractivity (Wildman–Crippen MR) is 80.6 cm³/mol. The molecule has 0 amide bonds. The summed E-state index contributed by atoms with van der Waals surface area (Å²) in [5.74, 6) is 0.463. The fourth-order valence-corrected chi connectivity index (χ4v) is 4.55. The lowest BCUT2D eigenvalue weighted by Crippen LogP contribution is -2.29. The molecule has 0 aromatic carbocycles. The molecule has 120 valence electrons. The average molecular weight is 315 g/mol. The van der Waals surface area contributed by atoms with Crippen molar-refractivity contribution in [3.63, 3.8) is 0 Å². The summed E-state index contributed by atoms with van der Waals surface area (Å²) >= 11 is 0. The Labute approximate surface area is 126 Å². The molecule has 2 N–H and O–H groups in total. The minimum atomic E-state index is -3.51. The maximum absolute atomic E-state index is 12.5. The van der Waals surface area contributed by atoms with Crippen molar-refractivity contribution in [1.29, 1.82) is 0 Å². The number of aromatic nitrogens is 2. The highest BCUT2D eigenvalue weighted by atomic mass is 32.2. The Morgan fingerprint density at radius 2 is 2.00 bits per heavy atom. The Morgan fingerprint density at radius 1 is 1.33 bits per heavy atom. The second-order valence-corrected chi connectivity index (χ2v) is 7.51. The molecule has 0 radical (unpaired) electrons. The molecule has 1 fully saturated rings. The van der Waals surface area contributed by atoms with Crippen molar-refractivity contribution in [3.05, 3.63) is 11.4 Å². The van der Waals surface area contributed by atoms with Gasteiger partial charge in [-0.15, -0.1) is 0 Å². The van der Waals surface area contributed by atoms with Gasteiger partial charge in [-0.1, -0.05) is 12.8 Å². The van der Waals surface area contributed by atoms with Crippen LogP contribution in [-0.4, -0.2) is 36.5 Å². The van der Waals surface area contributed by atoms with E-state index < -0.39 is 10.0 Å². The molecule has 6 nitrogen and oxygen atoms in total. The maximum atomic E-state index is 12.5. The molecule has 2 rings (SSSR count). The molecule has 0 aliphatic heterocycles. The van der Waals surface area contributed by atoms with Gasteiger partial charge in [0.2, 0.25) is 10.0 Å². The van der Waals surface area contributed by atoms with E-state index in [1.807, 2.05) is 0 Å². The highest BCUT2D eigenvalue weighted by Crippen LogP contribution is 2.25. The van der Waals surface area contributed by atoms with Crippen molar-refractivity contribution >= 4 is 10.0 Å². The third kappa shape index (κ3) is 3.84. The first-order chi connectivity index (χ1) is 9.95. The number of nitrogens with zero attached hydrogens (tertiary/aromatic N) is 2. The predicted octanol–water partition coefficient (Wildman–Crippen LogP) is 1.35. The lowest BCUT2D eigenvalue weighted by atomic mass is 10.1. The number of hydrogen-bond donors (Lipinski definition) is 2. The fourth-order valence-electron chi connectivity index (χ4n) is 3.02. The van der Waals surface area contributed by atoms with Gasteiger partial charge < -0.3 is 5.11 Å². The molecule has 1 aliphatic rings. The molecular formula is C14H25N3O3S. The third-order valence-corrected chi connectivity index (χ3v) is 5.82. The molecule has 21 heavy (non-hydrogen) atoms. The van der Waals surface area contributed by atoms with E-state index in [4.69, 9.17) is 5.11 Å². The molecule has 0 unspecified atom stereocenters. The van der Waals surface area contributed by atoms with Gasteiger partial charge in [0, 0.05) is 19.7 Å². The van der Waals surface area contributed by atoms with E-state index in [-0.39, 0.29) is 6.61 Å². The average Bonchev–Trinajstić information content (AvgIpc) is 3.03. The Kier molecular flexibility index (Phi) is 5.40. The van der Waals surface area contributed by atoms with Gasteiger partial charge in [-0.25, -0.2) is 13.1 Å². The Morgan fingerprint density at radius 3 is 2.62 bits per heavy atom. The van der Waals surface area contributed by atoms with Gasteiger partial charge in [0.05, 0.1) is 11.4 Å². The summed E-state index contributed by atoms with van der Waals surface area (Å²) in [6.07, 6.45) is 5.18. The summed E-state index contributed by atoms with van der Waals surface area (Å²) in [7, 11) is -3.51. The fraction of sp³-hybridized carbons (Fsp3) is 0.786. The highest BCUT2D eigenvalue weighted by molar-refractivity contribution is 7.89. The number of hydrogen-bond acceptors (Lipinski definition) is 4. The van der Waals surface area contributed by atoms with E-state index in [1.165, 1.54) is 12.8 Å². The van der Waals surface area contributed by atoms with Crippen molar-refractivity contribution in [1.82, 2.24) is 14.5 Å². The summed E-state index contributed by atoms with van der Waals surface area (Å²) in [6, 6.07) is 0. The lowest BCUT2D eigenvalue weighted by molar-refractivity contribution is 0.276. The largest absolute Gasteiger partial charge is 0.396 e. The van der Waals surface area contributed by atoms with Crippen molar-refractivity contribution in [2.45, 2.75) is 57.4 Å². The van der Waals surface area contributed by atoms with Crippen LogP contribution in [0.15, 0.2) is 4.90 Å². The van der Waals surface area contributed by atoms with Crippen LogP contribution in [0.1, 0.15) is 43.5 Å². The zero-order valence-electron chi connectivity index (χ0n) is 12.8. The zero-order chi connectivity index (χ0) is 15.5. The minimum absolute atomic E-state index is 0.0698. The highest BCUT2D eigenvalue weighted by Gasteiger charge is 2.26. The molecule has 7 heteroatoms. The van der Waals surface area contributed by atoms with Crippen LogP contribution in [0.25, 0.3) is 0 Å². The van der Waals surface area contributed by atoms with Gasteiger partial charge in [-0.2, -0.15) is 5.10 Å². The van der Waals surface area contributed by atoms with Gasteiger partial charge in [0.1, 0.15) is 4.90 Å². The first-order valence-corrected chi connectivity index (χ1v) is 9.08. The van der Waals surface area contributed by atoms with Gasteiger partial charge >= 0.3 is 0 Å². The van der Waals surface area contributed by atoms with Crippen LogP contribution in [0.2, 0.25) is 0 Å². The Hall–Kier alpha value is -0.920. The van der Waals surface area contributed by atoms with E-state index in [9.17, 15) is 8.42 Å². The Bertz CT molecular complexity index is 575. The monoisotopic (exact) mass is 315 g/mol. The SMILES string of the molecule is Cc1nn(CCCO)c(C)c1S(=O)(=O)NCC1CCCC1. The molecule has 1 aromatic rings. The van der Waals surface area contributed by atoms with Crippen molar-refractivity contribution < 1.29 is 13.5 Å². The Balaban J connectivity index is 2.13. The first-order valence-electron chi connectivity index (χ1n) is 7.60. The molecule has 1 aromatic heterocycles. The number of aryl methyl sites for hydroxylation is 2. The van der Waals surface area contributed by atoms with Crippen LogP contribution in [0.3, 0.4) is 0 Å². The molecule has 1 aliphatic carbocycles. The number of aliphatic hydroxyl groups is 1. The molecule has 1 heterocycles. The first kappa shape index (κ1) is 16.5. The third-order valence-electron chi connectivity index (χ3n) is 4.15. The summed E-state index contributed by atoms with van der Waals surface area (Å²) in [4.78, 5) is 0.290. The van der Waals surface area contributed by atoms with Crippen molar-refractivity contribution in [2.24, 2.45) is 5.92 Å². The molecular weight excluding hydrogens is 290 g/mol. The van der Waals surface area contributed by atoms with Crippen LogP contribution < -0.4 is 4.72 Å². The van der Waals surface area contributed by atoms with E-state index in [0.717, 1.165) is 12.8 Å². The second kappa shape index (κ2) is 6.89. The summed E-state index contributed by atoms with van der Waals surface area (Å²) < 4.78 is 29.4. The number of sulfonamides is 1. The van der Waals surface area contributed by atoms with E-state index in [2.05, 4.69) is 9.82 Å². The quantitative estimate of drug-likeness (QED) is 0.795. The lowest BCUT2D eigenvalue weighted by Gasteiger charge is -2.11. The van der Waals surface area contributed by atoms with Gasteiger partial charge in [-0.05, 0) is 39.0 Å². The molecule has 0 saturated heterocycles. The van der Waals surface area contributed by atoms with Gasteiger partial charge in [0.25, 0.3) is 0 Å². The van der Waals surface area contributed by atoms with Crippen molar-refractivity contribution in [2.75, 3.05) is 13.2 Å². The normalized spacial score (nSPS) is 16.7. The number of nitrogens with one attached hydrogen (secondary N) is 1. The minimum Gasteiger partial charge on any atom is -0.396 e. The molecule has 0 spiro atoms. The van der Waals surface area contributed by atoms with Crippen LogP contribution in [0.4, 0.5) is 0 Å². The van der Waals surface area contributed by atoms with Crippen LogP contribution in [0, 0.1) is 19.8 Å². The molecule has 1 saturated carbocycles. The van der Waals surface area contributed by atoms with Gasteiger partial charge in [0.15, 0.2) is 0 Å². The number of aliphatic hydroxyl groups excluding tert-OH is 1. The standard InChI is InChI=1S/C14H25N3O3S/c1-11-14(12(2)17(16-11)8-5-9-18)21(19,20)15-10-13-6-3-4-7-13/h13,15,18H,3-10H2,1-2H3. The van der Waals surface area contributed by atoms with E-state index in [0.29, 0.717) is 41.7 Å². The summed E-state index contributed by atoms with van der Waals surface area (Å²) in [6.45, 7) is 4.60.